The Morgan fingerprint density at radius 1 is 1.36 bits per heavy atom. The monoisotopic (exact) mass is 346 g/mol. The number of aryl methyl sites for hydroxylation is 1. The molecule has 0 radical (unpaired) electrons. The predicted molar refractivity (Wildman–Crippen MR) is 96.6 cm³/mol. The van der Waals surface area contributed by atoms with Crippen molar-refractivity contribution in [1.29, 1.82) is 0 Å². The van der Waals surface area contributed by atoms with Crippen molar-refractivity contribution in [1.82, 2.24) is 14.7 Å². The van der Waals surface area contributed by atoms with Gasteiger partial charge in [0.25, 0.3) is 0 Å². The van der Waals surface area contributed by atoms with Gasteiger partial charge in [-0.15, -0.1) is 0 Å². The third kappa shape index (κ3) is 5.37. The zero-order valence-corrected chi connectivity index (χ0v) is 15.2. The van der Waals surface area contributed by atoms with Crippen LogP contribution in [0.1, 0.15) is 25.0 Å². The summed E-state index contributed by atoms with van der Waals surface area (Å²) in [6.07, 6.45) is 1.87. The summed E-state index contributed by atoms with van der Waals surface area (Å²) >= 11 is 0. The van der Waals surface area contributed by atoms with E-state index < -0.39 is 11.0 Å². The van der Waals surface area contributed by atoms with E-state index >= 15 is 0 Å². The minimum absolute atomic E-state index is 0.0490. The van der Waals surface area contributed by atoms with Crippen LogP contribution in [-0.2, 0) is 12.0 Å². The lowest BCUT2D eigenvalue weighted by Crippen LogP contribution is -2.39. The number of nitro groups is 1. The van der Waals surface area contributed by atoms with Gasteiger partial charge in [-0.2, -0.15) is 5.10 Å². The lowest BCUT2D eigenvalue weighted by molar-refractivity contribution is -0.385. The largest absolute Gasteiger partial charge is 0.390 e. The highest BCUT2D eigenvalue weighted by atomic mass is 16.6. The molecule has 7 nitrogen and oxygen atoms in total. The van der Waals surface area contributed by atoms with Gasteiger partial charge in [0.1, 0.15) is 12.4 Å². The molecule has 0 saturated heterocycles. The van der Waals surface area contributed by atoms with Gasteiger partial charge in [-0.1, -0.05) is 43.7 Å². The molecule has 0 amide bonds. The van der Waals surface area contributed by atoms with Gasteiger partial charge >= 0.3 is 5.69 Å². The Morgan fingerprint density at radius 3 is 2.56 bits per heavy atom. The number of nitrogens with zero attached hydrogens (tertiary/aromatic N) is 4. The summed E-state index contributed by atoms with van der Waals surface area (Å²) in [6, 6.07) is 8.50. The van der Waals surface area contributed by atoms with E-state index in [1.54, 1.807) is 0 Å². The quantitative estimate of drug-likeness (QED) is 0.586. The van der Waals surface area contributed by atoms with Crippen molar-refractivity contribution in [3.05, 3.63) is 57.9 Å². The van der Waals surface area contributed by atoms with E-state index in [4.69, 9.17) is 0 Å². The average molecular weight is 346 g/mol. The van der Waals surface area contributed by atoms with Crippen LogP contribution < -0.4 is 0 Å². The van der Waals surface area contributed by atoms with Crippen LogP contribution in [0.3, 0.4) is 0 Å². The third-order valence-electron chi connectivity index (χ3n) is 4.25. The zero-order chi connectivity index (χ0) is 18.6. The fourth-order valence-electron chi connectivity index (χ4n) is 3.02. The van der Waals surface area contributed by atoms with E-state index in [2.05, 4.69) is 55.0 Å². The summed E-state index contributed by atoms with van der Waals surface area (Å²) < 4.78 is 1.40. The van der Waals surface area contributed by atoms with E-state index in [-0.39, 0.29) is 17.6 Å². The average Bonchev–Trinajstić information content (AvgIpc) is 2.95. The summed E-state index contributed by atoms with van der Waals surface area (Å²) in [5.74, 6) is 0. The molecule has 1 heterocycles. The molecule has 0 fully saturated rings. The molecule has 0 saturated carbocycles. The summed E-state index contributed by atoms with van der Waals surface area (Å²) in [4.78, 5) is 12.2. The summed E-state index contributed by atoms with van der Waals surface area (Å²) in [6.45, 7) is 7.90. The molecule has 136 valence electrons. The van der Waals surface area contributed by atoms with Crippen LogP contribution >= 0.6 is 0 Å². The van der Waals surface area contributed by atoms with Gasteiger partial charge in [-0.05, 0) is 19.5 Å². The smallest absolute Gasteiger partial charge is 0.306 e. The van der Waals surface area contributed by atoms with Crippen LogP contribution in [0, 0.1) is 17.0 Å². The number of likely N-dealkylation sites (N-methyl/N-ethyl adjacent to an activating group) is 1. The molecule has 1 aromatic carbocycles. The Morgan fingerprint density at radius 2 is 2.00 bits per heavy atom. The first kappa shape index (κ1) is 19.1. The maximum atomic E-state index is 10.7. The Kier molecular flexibility index (Phi) is 5.92. The highest BCUT2D eigenvalue weighted by Crippen LogP contribution is 2.24. The highest BCUT2D eigenvalue weighted by molar-refractivity contribution is 5.27. The predicted octanol–water partition coefficient (Wildman–Crippen LogP) is 2.37. The SMILES string of the molecule is Cc1ccc(C(C)(C)CN(C)CC(O)Cn2cc([N+](=O)[O-])cn2)cc1. The van der Waals surface area contributed by atoms with Crippen molar-refractivity contribution in [3.63, 3.8) is 0 Å². The van der Waals surface area contributed by atoms with Crippen molar-refractivity contribution >= 4 is 5.69 Å². The molecule has 1 unspecified atom stereocenters. The second-order valence-electron chi connectivity index (χ2n) is 7.28. The van der Waals surface area contributed by atoms with Gasteiger partial charge in [-0.3, -0.25) is 14.8 Å². The van der Waals surface area contributed by atoms with E-state index in [1.807, 2.05) is 7.05 Å². The number of aromatic nitrogens is 2. The molecule has 25 heavy (non-hydrogen) atoms. The van der Waals surface area contributed by atoms with Crippen LogP contribution in [0.15, 0.2) is 36.7 Å². The normalized spacial score (nSPS) is 13.2. The van der Waals surface area contributed by atoms with Crippen LogP contribution in [0.4, 0.5) is 5.69 Å². The Balaban J connectivity index is 1.90. The van der Waals surface area contributed by atoms with Gasteiger partial charge < -0.3 is 10.0 Å². The first-order valence-electron chi connectivity index (χ1n) is 8.28. The van der Waals surface area contributed by atoms with Crippen molar-refractivity contribution in [2.75, 3.05) is 20.1 Å². The fourth-order valence-corrected chi connectivity index (χ4v) is 3.02. The van der Waals surface area contributed by atoms with Crippen molar-refractivity contribution in [3.8, 4) is 0 Å². The molecule has 1 aromatic heterocycles. The van der Waals surface area contributed by atoms with E-state index in [1.165, 1.54) is 28.2 Å². The minimum Gasteiger partial charge on any atom is -0.390 e. The van der Waals surface area contributed by atoms with E-state index in [0.29, 0.717) is 6.54 Å². The summed E-state index contributed by atoms with van der Waals surface area (Å²) in [7, 11) is 1.96. The van der Waals surface area contributed by atoms with Gasteiger partial charge in [-0.25, -0.2) is 0 Å². The molecule has 0 spiro atoms. The summed E-state index contributed by atoms with van der Waals surface area (Å²) in [5, 5.41) is 24.8. The Labute approximate surface area is 148 Å². The van der Waals surface area contributed by atoms with Gasteiger partial charge in [0.05, 0.1) is 17.6 Å². The first-order chi connectivity index (χ1) is 11.7. The second-order valence-corrected chi connectivity index (χ2v) is 7.28. The number of aliphatic hydroxyl groups is 1. The molecule has 0 aliphatic heterocycles. The van der Waals surface area contributed by atoms with Gasteiger partial charge in [0.2, 0.25) is 0 Å². The molecule has 7 heteroatoms. The Hall–Kier alpha value is -2.25. The van der Waals surface area contributed by atoms with Crippen molar-refractivity contribution in [2.45, 2.75) is 38.8 Å². The van der Waals surface area contributed by atoms with Crippen molar-refractivity contribution < 1.29 is 10.0 Å². The molecule has 1 N–H and O–H groups in total. The number of benzene rings is 1. The molecule has 2 rings (SSSR count). The van der Waals surface area contributed by atoms with Crippen LogP contribution in [-0.4, -0.2) is 51.0 Å². The number of aliphatic hydroxyl groups excluding tert-OH is 1. The topological polar surface area (TPSA) is 84.4 Å². The highest BCUT2D eigenvalue weighted by Gasteiger charge is 2.23. The molecule has 0 aliphatic rings. The molecule has 0 aliphatic carbocycles. The van der Waals surface area contributed by atoms with Gasteiger partial charge in [0.15, 0.2) is 0 Å². The second kappa shape index (κ2) is 7.76. The third-order valence-corrected chi connectivity index (χ3v) is 4.25. The Bertz CT molecular complexity index is 709. The molecule has 0 bridgehead atoms. The number of hydrogen-bond acceptors (Lipinski definition) is 5. The number of hydrogen-bond donors (Lipinski definition) is 1. The van der Waals surface area contributed by atoms with E-state index in [9.17, 15) is 15.2 Å². The summed E-state index contributed by atoms with van der Waals surface area (Å²) in [5.41, 5.74) is 2.37. The zero-order valence-electron chi connectivity index (χ0n) is 15.2. The fraction of sp³-hybridized carbons (Fsp3) is 0.500. The van der Waals surface area contributed by atoms with Crippen LogP contribution in [0.5, 0.6) is 0 Å². The minimum atomic E-state index is -0.654. The molecule has 1 atom stereocenters. The van der Waals surface area contributed by atoms with Crippen molar-refractivity contribution in [2.24, 2.45) is 0 Å². The van der Waals surface area contributed by atoms with E-state index in [0.717, 1.165) is 6.54 Å². The van der Waals surface area contributed by atoms with Crippen LogP contribution in [0.2, 0.25) is 0 Å². The number of rotatable bonds is 8. The van der Waals surface area contributed by atoms with Gasteiger partial charge in [0, 0.05) is 18.5 Å². The van der Waals surface area contributed by atoms with Crippen LogP contribution in [0.25, 0.3) is 0 Å². The maximum absolute atomic E-state index is 10.7. The molecular weight excluding hydrogens is 320 g/mol. The maximum Gasteiger partial charge on any atom is 0.306 e. The first-order valence-corrected chi connectivity index (χ1v) is 8.28. The standard InChI is InChI=1S/C18H26N4O3/c1-14-5-7-15(8-6-14)18(2,3)13-20(4)11-17(23)12-21-10-16(9-19-21)22(24)25/h5-10,17,23H,11-13H2,1-4H3. The molecular formula is C18H26N4O3. The lowest BCUT2D eigenvalue weighted by Gasteiger charge is -2.32. The molecule has 2 aromatic rings. The lowest BCUT2D eigenvalue weighted by atomic mass is 9.84.